The molecular weight excluding hydrogens is 338 g/mol. The molecule has 0 atom stereocenters. The first-order valence-electron chi connectivity index (χ1n) is 7.73. The van der Waals surface area contributed by atoms with Crippen LogP contribution in [0.25, 0.3) is 11.4 Å². The standard InChI is InChI=1S/C18H19N3O5/c1-22-12-8-11(9-13(10-12)23-2)19-18-20-17(21-26-18)14-6-5-7-15(24-3)16(14)25-4/h5-10H,1-4H3,(H,19,20,21). The first-order chi connectivity index (χ1) is 12.7. The Hall–Kier alpha value is -3.42. The van der Waals surface area contributed by atoms with E-state index in [1.807, 2.05) is 12.1 Å². The number of hydrogen-bond acceptors (Lipinski definition) is 8. The Bertz CT molecular complexity index is 872. The lowest BCUT2D eigenvalue weighted by molar-refractivity contribution is 0.355. The van der Waals surface area contributed by atoms with Crippen LogP contribution in [0.4, 0.5) is 11.7 Å². The monoisotopic (exact) mass is 357 g/mol. The van der Waals surface area contributed by atoms with Gasteiger partial charge in [0.15, 0.2) is 11.5 Å². The van der Waals surface area contributed by atoms with Crippen LogP contribution in [0, 0.1) is 0 Å². The van der Waals surface area contributed by atoms with E-state index in [1.54, 1.807) is 52.7 Å². The minimum Gasteiger partial charge on any atom is -0.497 e. The van der Waals surface area contributed by atoms with Gasteiger partial charge in [-0.15, -0.1) is 0 Å². The van der Waals surface area contributed by atoms with Crippen molar-refractivity contribution in [3.05, 3.63) is 36.4 Å². The smallest absolute Gasteiger partial charge is 0.326 e. The van der Waals surface area contributed by atoms with Gasteiger partial charge in [0.25, 0.3) is 0 Å². The zero-order valence-corrected chi connectivity index (χ0v) is 14.9. The van der Waals surface area contributed by atoms with Crippen LogP contribution in [-0.2, 0) is 0 Å². The summed E-state index contributed by atoms with van der Waals surface area (Å²) >= 11 is 0. The van der Waals surface area contributed by atoms with Crippen molar-refractivity contribution in [3.63, 3.8) is 0 Å². The number of hydrogen-bond donors (Lipinski definition) is 1. The van der Waals surface area contributed by atoms with E-state index in [2.05, 4.69) is 15.5 Å². The number of ether oxygens (including phenoxy) is 4. The Kier molecular flexibility index (Phi) is 5.12. The second kappa shape index (κ2) is 7.64. The molecule has 1 heterocycles. The maximum atomic E-state index is 5.41. The number of methoxy groups -OCH3 is 4. The van der Waals surface area contributed by atoms with Crippen molar-refractivity contribution in [2.24, 2.45) is 0 Å². The quantitative estimate of drug-likeness (QED) is 0.687. The van der Waals surface area contributed by atoms with Crippen LogP contribution >= 0.6 is 0 Å². The molecule has 0 aliphatic carbocycles. The summed E-state index contributed by atoms with van der Waals surface area (Å²) in [4.78, 5) is 4.36. The zero-order valence-electron chi connectivity index (χ0n) is 14.9. The van der Waals surface area contributed by atoms with Crippen LogP contribution in [0.2, 0.25) is 0 Å². The summed E-state index contributed by atoms with van der Waals surface area (Å²) in [6.07, 6.45) is 0. The highest BCUT2D eigenvalue weighted by atomic mass is 16.5. The van der Waals surface area contributed by atoms with Gasteiger partial charge in [0, 0.05) is 23.9 Å². The summed E-state index contributed by atoms with van der Waals surface area (Å²) in [5, 5.41) is 7.04. The number of para-hydroxylation sites is 1. The van der Waals surface area contributed by atoms with Gasteiger partial charge in [0.2, 0.25) is 5.82 Å². The SMILES string of the molecule is COc1cc(Nc2nc(-c3cccc(OC)c3OC)no2)cc(OC)c1. The molecule has 0 amide bonds. The molecule has 2 aromatic carbocycles. The Morgan fingerprint density at radius 2 is 1.62 bits per heavy atom. The number of nitrogens with zero attached hydrogens (tertiary/aromatic N) is 2. The fraction of sp³-hybridized carbons (Fsp3) is 0.222. The number of benzene rings is 2. The van der Waals surface area contributed by atoms with Crippen molar-refractivity contribution in [1.82, 2.24) is 10.1 Å². The molecule has 3 aromatic rings. The van der Waals surface area contributed by atoms with Crippen molar-refractivity contribution in [1.29, 1.82) is 0 Å². The summed E-state index contributed by atoms with van der Waals surface area (Å²) in [7, 11) is 6.29. The third kappa shape index (κ3) is 3.49. The molecule has 0 spiro atoms. The average Bonchev–Trinajstić information content (AvgIpc) is 3.14. The molecule has 8 heteroatoms. The summed E-state index contributed by atoms with van der Waals surface area (Å²) in [5.74, 6) is 2.77. The van der Waals surface area contributed by atoms with Gasteiger partial charge in [0.1, 0.15) is 11.5 Å². The van der Waals surface area contributed by atoms with Crippen LogP contribution in [0.1, 0.15) is 0 Å². The highest BCUT2D eigenvalue weighted by Crippen LogP contribution is 2.37. The van der Waals surface area contributed by atoms with Crippen LogP contribution in [-0.4, -0.2) is 38.6 Å². The first kappa shape index (κ1) is 17.4. The van der Waals surface area contributed by atoms with Crippen LogP contribution in [0.5, 0.6) is 23.0 Å². The molecule has 0 aliphatic rings. The van der Waals surface area contributed by atoms with Crippen molar-refractivity contribution in [2.75, 3.05) is 33.8 Å². The lowest BCUT2D eigenvalue weighted by Gasteiger charge is -2.09. The average molecular weight is 357 g/mol. The largest absolute Gasteiger partial charge is 0.497 e. The second-order valence-corrected chi connectivity index (χ2v) is 5.19. The minimum absolute atomic E-state index is 0.222. The molecule has 8 nitrogen and oxygen atoms in total. The molecule has 0 unspecified atom stereocenters. The van der Waals surface area contributed by atoms with Gasteiger partial charge in [-0.05, 0) is 12.1 Å². The van der Waals surface area contributed by atoms with Gasteiger partial charge >= 0.3 is 6.01 Å². The van der Waals surface area contributed by atoms with E-state index in [0.29, 0.717) is 40.1 Å². The van der Waals surface area contributed by atoms with Crippen molar-refractivity contribution < 1.29 is 23.5 Å². The van der Waals surface area contributed by atoms with E-state index < -0.39 is 0 Å². The fourth-order valence-electron chi connectivity index (χ4n) is 2.45. The van der Waals surface area contributed by atoms with E-state index in [-0.39, 0.29) is 6.01 Å². The number of nitrogens with one attached hydrogen (secondary N) is 1. The van der Waals surface area contributed by atoms with Gasteiger partial charge in [-0.2, -0.15) is 4.98 Å². The highest BCUT2D eigenvalue weighted by Gasteiger charge is 2.17. The lowest BCUT2D eigenvalue weighted by Crippen LogP contribution is -1.95. The normalized spacial score (nSPS) is 10.3. The molecular formula is C18H19N3O5. The Labute approximate surface area is 150 Å². The molecule has 0 fully saturated rings. The third-order valence-electron chi connectivity index (χ3n) is 3.67. The van der Waals surface area contributed by atoms with E-state index >= 15 is 0 Å². The molecule has 0 saturated heterocycles. The molecule has 1 N–H and O–H groups in total. The Morgan fingerprint density at radius 1 is 0.885 bits per heavy atom. The van der Waals surface area contributed by atoms with Gasteiger partial charge in [-0.1, -0.05) is 11.2 Å². The molecule has 1 aromatic heterocycles. The molecule has 0 aliphatic heterocycles. The van der Waals surface area contributed by atoms with E-state index in [9.17, 15) is 0 Å². The zero-order chi connectivity index (χ0) is 18.5. The Balaban J connectivity index is 1.90. The fourth-order valence-corrected chi connectivity index (χ4v) is 2.45. The van der Waals surface area contributed by atoms with Gasteiger partial charge in [0.05, 0.1) is 34.0 Å². The minimum atomic E-state index is 0.222. The predicted octanol–water partition coefficient (Wildman–Crippen LogP) is 3.51. The molecule has 0 saturated carbocycles. The molecule has 3 rings (SSSR count). The van der Waals surface area contributed by atoms with E-state index in [1.165, 1.54) is 0 Å². The van der Waals surface area contributed by atoms with Gasteiger partial charge < -0.3 is 28.8 Å². The summed E-state index contributed by atoms with van der Waals surface area (Å²) in [6.45, 7) is 0. The van der Waals surface area contributed by atoms with Crippen molar-refractivity contribution in [2.45, 2.75) is 0 Å². The Morgan fingerprint density at radius 3 is 2.23 bits per heavy atom. The van der Waals surface area contributed by atoms with Crippen molar-refractivity contribution >= 4 is 11.7 Å². The third-order valence-corrected chi connectivity index (χ3v) is 3.67. The van der Waals surface area contributed by atoms with E-state index in [4.69, 9.17) is 23.5 Å². The predicted molar refractivity (Wildman–Crippen MR) is 95.7 cm³/mol. The highest BCUT2D eigenvalue weighted by molar-refractivity contribution is 5.69. The van der Waals surface area contributed by atoms with Crippen LogP contribution < -0.4 is 24.3 Å². The van der Waals surface area contributed by atoms with Crippen molar-refractivity contribution in [3.8, 4) is 34.4 Å². The molecule has 136 valence electrons. The summed E-state index contributed by atoms with van der Waals surface area (Å²) in [6, 6.07) is 11.0. The van der Waals surface area contributed by atoms with Crippen LogP contribution in [0.15, 0.2) is 40.9 Å². The number of anilines is 2. The lowest BCUT2D eigenvalue weighted by atomic mass is 10.2. The first-order valence-corrected chi connectivity index (χ1v) is 7.73. The van der Waals surface area contributed by atoms with Gasteiger partial charge in [-0.3, -0.25) is 0 Å². The molecule has 0 bridgehead atoms. The van der Waals surface area contributed by atoms with E-state index in [0.717, 1.165) is 0 Å². The second-order valence-electron chi connectivity index (χ2n) is 5.19. The van der Waals surface area contributed by atoms with Crippen LogP contribution in [0.3, 0.4) is 0 Å². The number of aromatic nitrogens is 2. The summed E-state index contributed by atoms with van der Waals surface area (Å²) in [5.41, 5.74) is 1.35. The maximum Gasteiger partial charge on any atom is 0.326 e. The topological polar surface area (TPSA) is 87.9 Å². The maximum absolute atomic E-state index is 5.41. The number of rotatable bonds is 7. The van der Waals surface area contributed by atoms with Gasteiger partial charge in [-0.25, -0.2) is 0 Å². The molecule has 0 radical (unpaired) electrons. The molecule has 26 heavy (non-hydrogen) atoms. The summed E-state index contributed by atoms with van der Waals surface area (Å²) < 4.78 is 26.5.